The number of ether oxygens (including phenoxy) is 2. The number of nitrogens with zero attached hydrogens (tertiary/aromatic N) is 3. The Hall–Kier alpha value is -2.62. The number of rotatable bonds is 3. The van der Waals surface area contributed by atoms with Crippen LogP contribution in [0.4, 0.5) is 8.78 Å². The molecule has 9 heteroatoms. The first-order valence-corrected chi connectivity index (χ1v) is 7.50. The average molecular weight is 349 g/mol. The Morgan fingerprint density at radius 3 is 2.68 bits per heavy atom. The maximum absolute atomic E-state index is 14.4. The Morgan fingerprint density at radius 1 is 1.24 bits per heavy atom. The van der Waals surface area contributed by atoms with Crippen LogP contribution in [0.25, 0.3) is 16.9 Å². The van der Waals surface area contributed by atoms with Gasteiger partial charge in [0.15, 0.2) is 24.0 Å². The minimum Gasteiger partial charge on any atom is -0.391 e. The molecule has 1 N–H and O–H groups in total. The molecule has 2 aromatic heterocycles. The summed E-state index contributed by atoms with van der Waals surface area (Å²) < 4.78 is 40.0. The van der Waals surface area contributed by atoms with E-state index >= 15 is 0 Å². The van der Waals surface area contributed by atoms with Gasteiger partial charge < -0.3 is 14.6 Å². The van der Waals surface area contributed by atoms with Crippen molar-refractivity contribution in [2.75, 3.05) is 13.2 Å². The van der Waals surface area contributed by atoms with Crippen molar-refractivity contribution < 1.29 is 23.4 Å². The van der Waals surface area contributed by atoms with Gasteiger partial charge in [-0.3, -0.25) is 4.57 Å². The van der Waals surface area contributed by atoms with Crippen molar-refractivity contribution >= 4 is 5.65 Å². The van der Waals surface area contributed by atoms with Crippen molar-refractivity contribution in [2.24, 2.45) is 0 Å². The van der Waals surface area contributed by atoms with Crippen LogP contribution in [0, 0.1) is 11.6 Å². The van der Waals surface area contributed by atoms with E-state index in [9.17, 15) is 13.6 Å². The fourth-order valence-electron chi connectivity index (χ4n) is 2.71. The van der Waals surface area contributed by atoms with E-state index in [-0.39, 0.29) is 18.9 Å². The Morgan fingerprint density at radius 2 is 2.00 bits per heavy atom. The zero-order valence-electron chi connectivity index (χ0n) is 12.8. The molecule has 130 valence electrons. The molecular formula is C16H13F2N3O4. The average Bonchev–Trinajstić information content (AvgIpc) is 3.26. The number of fused-ring (bicyclic) bond motifs is 1. The second-order valence-corrected chi connectivity index (χ2v) is 5.53. The van der Waals surface area contributed by atoms with Gasteiger partial charge in [0.05, 0.1) is 25.1 Å². The Kier molecular flexibility index (Phi) is 3.83. The molecule has 7 nitrogen and oxygen atoms in total. The molecule has 1 aromatic carbocycles. The summed E-state index contributed by atoms with van der Waals surface area (Å²) in [5.74, 6) is -1.12. The summed E-state index contributed by atoms with van der Waals surface area (Å²) in [6.07, 6.45) is 0.671. The van der Waals surface area contributed by atoms with E-state index in [1.807, 2.05) is 0 Å². The van der Waals surface area contributed by atoms with Crippen LogP contribution in [-0.2, 0) is 9.47 Å². The summed E-state index contributed by atoms with van der Waals surface area (Å²) in [5, 5.41) is 9.02. The van der Waals surface area contributed by atoms with E-state index in [2.05, 4.69) is 4.98 Å². The lowest BCUT2D eigenvalue weighted by Gasteiger charge is -2.13. The molecule has 1 aliphatic rings. The molecule has 0 aliphatic carbocycles. The molecule has 0 bridgehead atoms. The van der Waals surface area contributed by atoms with Crippen LogP contribution in [0.15, 0.2) is 41.5 Å². The van der Waals surface area contributed by atoms with Gasteiger partial charge in [0.25, 0.3) is 0 Å². The van der Waals surface area contributed by atoms with Gasteiger partial charge in [-0.05, 0) is 24.3 Å². The van der Waals surface area contributed by atoms with Crippen LogP contribution in [0.2, 0.25) is 0 Å². The number of imidazole rings is 1. The van der Waals surface area contributed by atoms with E-state index in [4.69, 9.17) is 14.6 Å². The molecule has 0 radical (unpaired) electrons. The summed E-state index contributed by atoms with van der Waals surface area (Å²) in [5.41, 5.74) is 0.185. The summed E-state index contributed by atoms with van der Waals surface area (Å²) in [6.45, 7) is -0.356. The fourth-order valence-corrected chi connectivity index (χ4v) is 2.71. The molecule has 0 spiro atoms. The summed E-state index contributed by atoms with van der Waals surface area (Å²) in [4.78, 5) is 16.7. The van der Waals surface area contributed by atoms with Crippen molar-refractivity contribution in [3.05, 3.63) is 58.8 Å². The predicted octanol–water partition coefficient (Wildman–Crippen LogP) is 1.30. The fraction of sp³-hybridized carbons (Fsp3) is 0.250. The van der Waals surface area contributed by atoms with E-state index in [0.29, 0.717) is 11.3 Å². The highest BCUT2D eigenvalue weighted by atomic mass is 19.1. The normalized spacial score (nSPS) is 20.4. The number of aliphatic hydroxyl groups is 1. The van der Waals surface area contributed by atoms with Crippen LogP contribution in [-0.4, -0.2) is 38.6 Å². The number of hydrogen-bond donors (Lipinski definition) is 1. The first kappa shape index (κ1) is 15.9. The monoisotopic (exact) mass is 349 g/mol. The van der Waals surface area contributed by atoms with E-state index in [1.165, 1.54) is 30.5 Å². The first-order chi connectivity index (χ1) is 12.1. The van der Waals surface area contributed by atoms with Crippen molar-refractivity contribution in [3.63, 3.8) is 0 Å². The third-order valence-electron chi connectivity index (χ3n) is 3.93. The molecule has 4 rings (SSSR count). The van der Waals surface area contributed by atoms with Gasteiger partial charge in [-0.25, -0.2) is 23.0 Å². The standard InChI is InChI=1S/C16H13F2N3O4/c17-10-3-1-9(2-4-10)12-6-21-15(19-12)11(18)5-20(16(21)23)13-8-24-14(7-22)25-13/h1-6,13-14,22H,7-8H2/t13-,14-/m1/s1. The molecule has 1 fully saturated rings. The molecular weight excluding hydrogens is 336 g/mol. The Labute approximate surface area is 139 Å². The van der Waals surface area contributed by atoms with Crippen LogP contribution in [0.1, 0.15) is 6.23 Å². The van der Waals surface area contributed by atoms with E-state index in [1.54, 1.807) is 0 Å². The Bertz CT molecular complexity index is 983. The smallest absolute Gasteiger partial charge is 0.336 e. The summed E-state index contributed by atoms with van der Waals surface area (Å²) in [7, 11) is 0. The zero-order chi connectivity index (χ0) is 17.6. The summed E-state index contributed by atoms with van der Waals surface area (Å²) >= 11 is 0. The Balaban J connectivity index is 1.80. The van der Waals surface area contributed by atoms with Gasteiger partial charge in [0.2, 0.25) is 0 Å². The molecule has 1 saturated heterocycles. The number of aliphatic hydroxyl groups excluding tert-OH is 1. The van der Waals surface area contributed by atoms with Crippen molar-refractivity contribution in [3.8, 4) is 11.3 Å². The highest BCUT2D eigenvalue weighted by Gasteiger charge is 2.28. The molecule has 2 atom stereocenters. The molecule has 0 saturated carbocycles. The lowest BCUT2D eigenvalue weighted by molar-refractivity contribution is -0.0994. The number of hydrogen-bond acceptors (Lipinski definition) is 5. The second-order valence-electron chi connectivity index (χ2n) is 5.53. The maximum Gasteiger partial charge on any atom is 0.336 e. The van der Waals surface area contributed by atoms with Crippen molar-refractivity contribution in [2.45, 2.75) is 12.5 Å². The van der Waals surface area contributed by atoms with Gasteiger partial charge >= 0.3 is 5.69 Å². The third-order valence-corrected chi connectivity index (χ3v) is 3.93. The highest BCUT2D eigenvalue weighted by Crippen LogP contribution is 2.22. The lowest BCUT2D eigenvalue weighted by Crippen LogP contribution is -2.31. The van der Waals surface area contributed by atoms with Gasteiger partial charge in [-0.2, -0.15) is 0 Å². The molecule has 0 unspecified atom stereocenters. The van der Waals surface area contributed by atoms with Crippen LogP contribution in [0.3, 0.4) is 0 Å². The molecule has 3 aromatic rings. The van der Waals surface area contributed by atoms with Gasteiger partial charge in [0.1, 0.15) is 5.82 Å². The third kappa shape index (κ3) is 2.72. The number of aromatic nitrogens is 3. The topological polar surface area (TPSA) is 78.0 Å². The predicted molar refractivity (Wildman–Crippen MR) is 81.8 cm³/mol. The van der Waals surface area contributed by atoms with Gasteiger partial charge in [-0.1, -0.05) is 0 Å². The maximum atomic E-state index is 14.4. The lowest BCUT2D eigenvalue weighted by atomic mass is 10.2. The van der Waals surface area contributed by atoms with Crippen LogP contribution >= 0.6 is 0 Å². The van der Waals surface area contributed by atoms with E-state index in [0.717, 1.165) is 15.2 Å². The van der Waals surface area contributed by atoms with Crippen LogP contribution < -0.4 is 5.69 Å². The minimum atomic E-state index is -0.853. The molecule has 0 amide bonds. The zero-order valence-corrected chi connectivity index (χ0v) is 12.8. The first-order valence-electron chi connectivity index (χ1n) is 7.50. The minimum absolute atomic E-state index is 0.00952. The van der Waals surface area contributed by atoms with Crippen molar-refractivity contribution in [1.82, 2.24) is 14.0 Å². The largest absolute Gasteiger partial charge is 0.391 e. The van der Waals surface area contributed by atoms with Crippen LogP contribution in [0.5, 0.6) is 0 Å². The molecule has 1 aliphatic heterocycles. The van der Waals surface area contributed by atoms with Gasteiger partial charge in [0, 0.05) is 11.8 Å². The molecule has 3 heterocycles. The second kappa shape index (κ2) is 6.03. The van der Waals surface area contributed by atoms with Crippen molar-refractivity contribution in [1.29, 1.82) is 0 Å². The SMILES string of the molecule is O=c1n([C@H]2CO[C@@H](CO)O2)cc(F)c2nc(-c3ccc(F)cc3)cn12. The number of benzene rings is 1. The number of halogens is 2. The van der Waals surface area contributed by atoms with E-state index < -0.39 is 29.8 Å². The molecule has 25 heavy (non-hydrogen) atoms. The highest BCUT2D eigenvalue weighted by molar-refractivity contribution is 5.62. The summed E-state index contributed by atoms with van der Waals surface area (Å²) in [6, 6.07) is 5.50. The van der Waals surface area contributed by atoms with Gasteiger partial charge in [-0.15, -0.1) is 0 Å². The quantitative estimate of drug-likeness (QED) is 0.771.